The van der Waals surface area contributed by atoms with Crippen LogP contribution in [0.4, 0.5) is 0 Å². The van der Waals surface area contributed by atoms with Crippen LogP contribution in [0, 0.1) is 41.4 Å². The van der Waals surface area contributed by atoms with Crippen molar-refractivity contribution >= 4 is 0 Å². The van der Waals surface area contributed by atoms with Crippen LogP contribution in [-0.4, -0.2) is 13.2 Å². The van der Waals surface area contributed by atoms with Gasteiger partial charge in [0.2, 0.25) is 0 Å². The van der Waals surface area contributed by atoms with Crippen LogP contribution in [0.15, 0.2) is 24.8 Å². The minimum absolute atomic E-state index is 0.559. The second kappa shape index (κ2) is 11.3. The van der Waals surface area contributed by atoms with Gasteiger partial charge in [0.25, 0.3) is 0 Å². The Labute approximate surface area is 187 Å². The highest BCUT2D eigenvalue weighted by Gasteiger charge is 2.34. The lowest BCUT2D eigenvalue weighted by Gasteiger charge is -2.41. The molecule has 0 aromatic carbocycles. The van der Waals surface area contributed by atoms with Crippen LogP contribution in [-0.2, 0) is 4.74 Å². The van der Waals surface area contributed by atoms with E-state index in [4.69, 9.17) is 4.74 Å². The van der Waals surface area contributed by atoms with Crippen LogP contribution in [0.3, 0.4) is 0 Å². The van der Waals surface area contributed by atoms with Crippen molar-refractivity contribution in [3.8, 4) is 0 Å². The Kier molecular flexibility index (Phi) is 8.56. The fraction of sp³-hybridized carbons (Fsp3) is 0.862. The normalized spacial score (nSPS) is 43.5. The molecule has 0 spiro atoms. The van der Waals surface area contributed by atoms with Gasteiger partial charge < -0.3 is 4.74 Å². The Morgan fingerprint density at radius 3 is 1.23 bits per heavy atom. The van der Waals surface area contributed by atoms with Crippen molar-refractivity contribution < 1.29 is 4.74 Å². The standard InChI is InChI=1S/C29H48O/c1-3-22-4-6-23(7-5-22)8-9-24-10-12-25(13-11-24)26-14-16-27(17-15-26)28-18-20-29(30-2)21-19-28/h3,8-9,22-29H,1,4-7,10-21H2,2H3/b9-8+. The van der Waals surface area contributed by atoms with Crippen LogP contribution in [0.5, 0.6) is 0 Å². The molecule has 1 nitrogen and oxygen atoms in total. The van der Waals surface area contributed by atoms with Crippen LogP contribution in [0.1, 0.15) is 103 Å². The smallest absolute Gasteiger partial charge is 0.0571 e. The molecule has 4 saturated carbocycles. The van der Waals surface area contributed by atoms with Gasteiger partial charge in [-0.05, 0) is 144 Å². The van der Waals surface area contributed by atoms with Crippen molar-refractivity contribution in [2.75, 3.05) is 7.11 Å². The summed E-state index contributed by atoms with van der Waals surface area (Å²) in [5.74, 6) is 6.67. The van der Waals surface area contributed by atoms with Crippen molar-refractivity contribution in [2.45, 2.75) is 109 Å². The zero-order valence-electron chi connectivity index (χ0n) is 19.8. The average molecular weight is 413 g/mol. The third-order valence-corrected chi connectivity index (χ3v) is 9.82. The number of rotatable bonds is 6. The molecule has 4 aliphatic carbocycles. The van der Waals surface area contributed by atoms with Gasteiger partial charge in [0, 0.05) is 7.11 Å². The monoisotopic (exact) mass is 412 g/mol. The molecule has 4 aliphatic rings. The Balaban J connectivity index is 1.13. The average Bonchev–Trinajstić information content (AvgIpc) is 2.83. The van der Waals surface area contributed by atoms with E-state index in [1.165, 1.54) is 103 Å². The summed E-state index contributed by atoms with van der Waals surface area (Å²) in [7, 11) is 1.90. The number of hydrogen-bond acceptors (Lipinski definition) is 1. The summed E-state index contributed by atoms with van der Waals surface area (Å²) >= 11 is 0. The van der Waals surface area contributed by atoms with Gasteiger partial charge in [0.15, 0.2) is 0 Å². The van der Waals surface area contributed by atoms with E-state index < -0.39 is 0 Å². The molecule has 0 saturated heterocycles. The highest BCUT2D eigenvalue weighted by molar-refractivity contribution is 4.98. The summed E-state index contributed by atoms with van der Waals surface area (Å²) in [6, 6.07) is 0. The Morgan fingerprint density at radius 2 is 0.833 bits per heavy atom. The topological polar surface area (TPSA) is 9.23 Å². The molecule has 0 aromatic rings. The summed E-state index contributed by atoms with van der Waals surface area (Å²) in [5, 5.41) is 0. The van der Waals surface area contributed by atoms with Gasteiger partial charge in [-0.3, -0.25) is 0 Å². The lowest BCUT2D eigenvalue weighted by atomic mass is 9.65. The van der Waals surface area contributed by atoms with Crippen LogP contribution < -0.4 is 0 Å². The molecule has 0 amide bonds. The van der Waals surface area contributed by atoms with E-state index in [0.29, 0.717) is 6.10 Å². The van der Waals surface area contributed by atoms with E-state index in [-0.39, 0.29) is 0 Å². The van der Waals surface area contributed by atoms with E-state index in [1.807, 2.05) is 7.11 Å². The minimum atomic E-state index is 0.559. The van der Waals surface area contributed by atoms with Gasteiger partial charge in [-0.25, -0.2) is 0 Å². The lowest BCUT2D eigenvalue weighted by molar-refractivity contribution is 0.0359. The maximum absolute atomic E-state index is 5.58. The largest absolute Gasteiger partial charge is 0.381 e. The third kappa shape index (κ3) is 6.02. The first kappa shape index (κ1) is 22.6. The van der Waals surface area contributed by atoms with E-state index in [1.54, 1.807) is 0 Å². The highest BCUT2D eigenvalue weighted by atomic mass is 16.5. The summed E-state index contributed by atoms with van der Waals surface area (Å²) in [4.78, 5) is 0. The molecule has 0 unspecified atom stereocenters. The second-order valence-corrected chi connectivity index (χ2v) is 11.4. The van der Waals surface area contributed by atoms with Crippen molar-refractivity contribution in [1.29, 1.82) is 0 Å². The molecular formula is C29H48O. The summed E-state index contributed by atoms with van der Waals surface area (Å²) < 4.78 is 5.58. The van der Waals surface area contributed by atoms with Crippen LogP contribution in [0.25, 0.3) is 0 Å². The molecule has 0 N–H and O–H groups in total. The van der Waals surface area contributed by atoms with E-state index >= 15 is 0 Å². The molecule has 0 aliphatic heterocycles. The van der Waals surface area contributed by atoms with Crippen molar-refractivity contribution in [2.24, 2.45) is 41.4 Å². The Morgan fingerprint density at radius 1 is 0.500 bits per heavy atom. The third-order valence-electron chi connectivity index (χ3n) is 9.82. The summed E-state index contributed by atoms with van der Waals surface area (Å²) in [5.41, 5.74) is 0. The highest BCUT2D eigenvalue weighted by Crippen LogP contribution is 2.45. The number of hydrogen-bond donors (Lipinski definition) is 0. The maximum atomic E-state index is 5.58. The van der Waals surface area contributed by atoms with E-state index in [2.05, 4.69) is 24.8 Å². The predicted octanol–water partition coefficient (Wildman–Crippen LogP) is 8.35. The van der Waals surface area contributed by atoms with Gasteiger partial charge in [-0.2, -0.15) is 0 Å². The lowest BCUT2D eigenvalue weighted by Crippen LogP contribution is -2.30. The number of ether oxygens (including phenoxy) is 1. The molecule has 0 atom stereocenters. The van der Waals surface area contributed by atoms with Gasteiger partial charge >= 0.3 is 0 Å². The molecular weight excluding hydrogens is 364 g/mol. The van der Waals surface area contributed by atoms with Gasteiger partial charge in [0.05, 0.1) is 6.10 Å². The first-order valence-electron chi connectivity index (χ1n) is 13.6. The Bertz CT molecular complexity index is 519. The van der Waals surface area contributed by atoms with Crippen molar-refractivity contribution in [1.82, 2.24) is 0 Å². The number of methoxy groups -OCH3 is 1. The molecule has 0 heterocycles. The molecule has 4 fully saturated rings. The van der Waals surface area contributed by atoms with Crippen molar-refractivity contribution in [3.05, 3.63) is 24.8 Å². The van der Waals surface area contributed by atoms with E-state index in [9.17, 15) is 0 Å². The fourth-order valence-electron chi connectivity index (χ4n) is 7.58. The van der Waals surface area contributed by atoms with Gasteiger partial charge in [0.1, 0.15) is 0 Å². The molecule has 4 rings (SSSR count). The number of allylic oxidation sites excluding steroid dienone is 3. The maximum Gasteiger partial charge on any atom is 0.0571 e. The van der Waals surface area contributed by atoms with Crippen LogP contribution in [0.2, 0.25) is 0 Å². The zero-order valence-corrected chi connectivity index (χ0v) is 19.8. The minimum Gasteiger partial charge on any atom is -0.381 e. The molecule has 170 valence electrons. The van der Waals surface area contributed by atoms with E-state index in [0.717, 1.165) is 41.4 Å². The van der Waals surface area contributed by atoms with Gasteiger partial charge in [-0.1, -0.05) is 18.2 Å². The van der Waals surface area contributed by atoms with Crippen molar-refractivity contribution in [3.63, 3.8) is 0 Å². The van der Waals surface area contributed by atoms with Crippen LogP contribution >= 0.6 is 0 Å². The Hall–Kier alpha value is -0.560. The second-order valence-electron chi connectivity index (χ2n) is 11.4. The first-order chi connectivity index (χ1) is 14.7. The first-order valence-corrected chi connectivity index (χ1v) is 13.6. The molecule has 1 heteroatoms. The molecule has 30 heavy (non-hydrogen) atoms. The quantitative estimate of drug-likeness (QED) is 0.398. The summed E-state index contributed by atoms with van der Waals surface area (Å²) in [6.07, 6.45) is 31.0. The predicted molar refractivity (Wildman–Crippen MR) is 128 cm³/mol. The van der Waals surface area contributed by atoms with Gasteiger partial charge in [-0.15, -0.1) is 6.58 Å². The summed E-state index contributed by atoms with van der Waals surface area (Å²) in [6.45, 7) is 3.99. The molecule has 0 aromatic heterocycles. The zero-order chi connectivity index (χ0) is 20.8. The SMILES string of the molecule is C=CC1CCC(/C=C/C2CCC(C3CCC(C4CCC(OC)CC4)CC3)CC2)CC1. The molecule has 0 bridgehead atoms. The molecule has 0 radical (unpaired) electrons. The fourth-order valence-corrected chi connectivity index (χ4v) is 7.58.